The minimum absolute atomic E-state index is 0.140. The van der Waals surface area contributed by atoms with Gasteiger partial charge in [-0.05, 0) is 32.8 Å². The molecule has 0 radical (unpaired) electrons. The number of allylic oxidation sites excluding steroid dienone is 1. The van der Waals surface area contributed by atoms with Gasteiger partial charge in [0, 0.05) is 43.5 Å². The monoisotopic (exact) mass is 289 g/mol. The Morgan fingerprint density at radius 3 is 2.76 bits per heavy atom. The van der Waals surface area contributed by atoms with E-state index in [0.717, 1.165) is 38.2 Å². The maximum absolute atomic E-state index is 10.8. The summed E-state index contributed by atoms with van der Waals surface area (Å²) in [6.45, 7) is 7.39. The van der Waals surface area contributed by atoms with Crippen LogP contribution in [-0.4, -0.2) is 35.5 Å². The molecule has 1 aromatic carbocycles. The van der Waals surface area contributed by atoms with E-state index in [0.29, 0.717) is 6.04 Å². The summed E-state index contributed by atoms with van der Waals surface area (Å²) < 4.78 is 0. The fraction of sp³-hybridized carbons (Fsp3) is 0.500. The molecule has 0 unspecified atom stereocenters. The lowest BCUT2D eigenvalue weighted by Gasteiger charge is -2.32. The summed E-state index contributed by atoms with van der Waals surface area (Å²) >= 11 is 0. The van der Waals surface area contributed by atoms with Crippen LogP contribution in [0.5, 0.6) is 0 Å². The van der Waals surface area contributed by atoms with Gasteiger partial charge in [0.2, 0.25) is 0 Å². The minimum Gasteiger partial charge on any atom is -0.382 e. The summed E-state index contributed by atoms with van der Waals surface area (Å²) in [7, 11) is 0. The van der Waals surface area contributed by atoms with Crippen molar-refractivity contribution in [3.8, 4) is 0 Å². The quantitative estimate of drug-likeness (QED) is 0.512. The Morgan fingerprint density at radius 1 is 1.43 bits per heavy atom. The number of likely N-dealkylation sites (tertiary alicyclic amines) is 1. The van der Waals surface area contributed by atoms with Gasteiger partial charge in [0.25, 0.3) is 5.69 Å². The molecule has 0 aromatic heterocycles. The van der Waals surface area contributed by atoms with Crippen LogP contribution in [0.15, 0.2) is 35.9 Å². The third kappa shape index (κ3) is 4.86. The van der Waals surface area contributed by atoms with Gasteiger partial charge in [0.15, 0.2) is 0 Å². The molecule has 1 aliphatic heterocycles. The average molecular weight is 289 g/mol. The number of anilines is 1. The second-order valence-electron chi connectivity index (χ2n) is 5.81. The van der Waals surface area contributed by atoms with Crippen molar-refractivity contribution in [3.63, 3.8) is 0 Å². The van der Waals surface area contributed by atoms with Gasteiger partial charge >= 0.3 is 0 Å². The number of rotatable bonds is 5. The number of non-ortho nitro benzene ring substituents is 1. The van der Waals surface area contributed by atoms with E-state index in [2.05, 4.69) is 30.1 Å². The molecule has 1 aliphatic rings. The van der Waals surface area contributed by atoms with Crippen LogP contribution in [0.3, 0.4) is 0 Å². The van der Waals surface area contributed by atoms with Crippen LogP contribution in [0.25, 0.3) is 0 Å². The third-order valence-electron chi connectivity index (χ3n) is 3.77. The van der Waals surface area contributed by atoms with Gasteiger partial charge in [-0.2, -0.15) is 0 Å². The molecule has 1 heterocycles. The van der Waals surface area contributed by atoms with Crippen LogP contribution in [0, 0.1) is 10.1 Å². The van der Waals surface area contributed by atoms with Crippen LogP contribution >= 0.6 is 0 Å². The molecule has 21 heavy (non-hydrogen) atoms. The molecule has 0 amide bonds. The Bertz CT molecular complexity index is 516. The van der Waals surface area contributed by atoms with Gasteiger partial charge in [-0.1, -0.05) is 17.7 Å². The van der Waals surface area contributed by atoms with Crippen LogP contribution in [0.1, 0.15) is 26.7 Å². The summed E-state index contributed by atoms with van der Waals surface area (Å²) in [5, 5.41) is 14.2. The molecule has 1 saturated heterocycles. The molecule has 1 fully saturated rings. The first-order valence-electron chi connectivity index (χ1n) is 7.41. The second-order valence-corrected chi connectivity index (χ2v) is 5.81. The average Bonchev–Trinajstić information content (AvgIpc) is 2.47. The van der Waals surface area contributed by atoms with E-state index in [9.17, 15) is 10.1 Å². The normalized spacial score (nSPS) is 16.5. The number of piperidine rings is 1. The Kier molecular flexibility index (Phi) is 5.33. The predicted octanol–water partition coefficient (Wildman–Crippen LogP) is 3.44. The number of nitrogens with one attached hydrogen (secondary N) is 1. The minimum atomic E-state index is -0.354. The standard InChI is InChI=1S/C16H23N3O2/c1-13(2)6-9-18-10-7-14(8-11-18)17-15-4-3-5-16(12-15)19(20)21/h3-6,12,14,17H,7-11H2,1-2H3. The van der Waals surface area contributed by atoms with E-state index in [1.54, 1.807) is 12.1 Å². The molecule has 1 N–H and O–H groups in total. The van der Waals surface area contributed by atoms with Gasteiger partial charge in [-0.25, -0.2) is 0 Å². The summed E-state index contributed by atoms with van der Waals surface area (Å²) in [6.07, 6.45) is 4.40. The van der Waals surface area contributed by atoms with Gasteiger partial charge in [-0.3, -0.25) is 15.0 Å². The highest BCUT2D eigenvalue weighted by Crippen LogP contribution is 2.21. The van der Waals surface area contributed by atoms with E-state index < -0.39 is 0 Å². The summed E-state index contributed by atoms with van der Waals surface area (Å²) in [4.78, 5) is 12.9. The molecular weight excluding hydrogens is 266 g/mol. The number of nitro groups is 1. The van der Waals surface area contributed by atoms with Crippen LogP contribution in [0.2, 0.25) is 0 Å². The molecule has 0 bridgehead atoms. The Hall–Kier alpha value is -1.88. The zero-order valence-electron chi connectivity index (χ0n) is 12.7. The van der Waals surface area contributed by atoms with E-state index in [4.69, 9.17) is 0 Å². The van der Waals surface area contributed by atoms with Crippen molar-refractivity contribution in [3.05, 3.63) is 46.0 Å². The second kappa shape index (κ2) is 7.22. The molecule has 1 aromatic rings. The first-order valence-corrected chi connectivity index (χ1v) is 7.41. The molecule has 0 spiro atoms. The lowest BCUT2D eigenvalue weighted by atomic mass is 10.0. The molecule has 114 valence electrons. The number of nitro benzene ring substituents is 1. The van der Waals surface area contributed by atoms with Gasteiger partial charge in [0.1, 0.15) is 0 Å². The number of hydrogen-bond acceptors (Lipinski definition) is 4. The first-order chi connectivity index (χ1) is 10.0. The van der Waals surface area contributed by atoms with Crippen LogP contribution < -0.4 is 5.32 Å². The van der Waals surface area contributed by atoms with E-state index in [-0.39, 0.29) is 10.6 Å². The lowest BCUT2D eigenvalue weighted by Crippen LogP contribution is -2.39. The Labute approximate surface area is 125 Å². The van der Waals surface area contributed by atoms with Crippen molar-refractivity contribution in [1.82, 2.24) is 4.90 Å². The highest BCUT2D eigenvalue weighted by molar-refractivity contribution is 5.51. The van der Waals surface area contributed by atoms with Crippen molar-refractivity contribution in [2.24, 2.45) is 0 Å². The summed E-state index contributed by atoms with van der Waals surface area (Å²) in [6, 6.07) is 7.14. The number of benzene rings is 1. The third-order valence-corrected chi connectivity index (χ3v) is 3.77. The van der Waals surface area contributed by atoms with Crippen molar-refractivity contribution in [2.75, 3.05) is 25.0 Å². The maximum atomic E-state index is 10.8. The zero-order valence-corrected chi connectivity index (χ0v) is 12.7. The van der Waals surface area contributed by atoms with Crippen molar-refractivity contribution >= 4 is 11.4 Å². The first kappa shape index (κ1) is 15.5. The van der Waals surface area contributed by atoms with E-state index in [1.165, 1.54) is 11.6 Å². The molecule has 2 rings (SSSR count). The number of nitrogens with zero attached hydrogens (tertiary/aromatic N) is 2. The highest BCUT2D eigenvalue weighted by Gasteiger charge is 2.18. The van der Waals surface area contributed by atoms with Crippen molar-refractivity contribution in [1.29, 1.82) is 0 Å². The van der Waals surface area contributed by atoms with Crippen LogP contribution in [0.4, 0.5) is 11.4 Å². The molecule has 0 atom stereocenters. The van der Waals surface area contributed by atoms with Crippen molar-refractivity contribution in [2.45, 2.75) is 32.7 Å². The molecule has 5 nitrogen and oxygen atoms in total. The van der Waals surface area contributed by atoms with Crippen LogP contribution in [-0.2, 0) is 0 Å². The van der Waals surface area contributed by atoms with Gasteiger partial charge < -0.3 is 5.32 Å². The van der Waals surface area contributed by atoms with Crippen molar-refractivity contribution < 1.29 is 4.92 Å². The largest absolute Gasteiger partial charge is 0.382 e. The smallest absolute Gasteiger partial charge is 0.271 e. The SMILES string of the molecule is CC(C)=CCN1CCC(Nc2cccc([N+](=O)[O-])c2)CC1. The molecule has 0 saturated carbocycles. The number of hydrogen-bond donors (Lipinski definition) is 1. The Balaban J connectivity index is 1.84. The maximum Gasteiger partial charge on any atom is 0.271 e. The van der Waals surface area contributed by atoms with E-state index in [1.807, 2.05) is 6.07 Å². The highest BCUT2D eigenvalue weighted by atomic mass is 16.6. The van der Waals surface area contributed by atoms with E-state index >= 15 is 0 Å². The zero-order chi connectivity index (χ0) is 15.2. The van der Waals surface area contributed by atoms with Gasteiger partial charge in [-0.15, -0.1) is 0 Å². The molecule has 0 aliphatic carbocycles. The molecule has 5 heteroatoms. The fourth-order valence-corrected chi connectivity index (χ4v) is 2.52. The lowest BCUT2D eigenvalue weighted by molar-refractivity contribution is -0.384. The summed E-state index contributed by atoms with van der Waals surface area (Å²) in [5.74, 6) is 0. The fourth-order valence-electron chi connectivity index (χ4n) is 2.52. The predicted molar refractivity (Wildman–Crippen MR) is 85.6 cm³/mol. The topological polar surface area (TPSA) is 58.4 Å². The Morgan fingerprint density at radius 2 is 2.14 bits per heavy atom. The summed E-state index contributed by atoms with van der Waals surface area (Å²) in [5.41, 5.74) is 2.33. The molecular formula is C16H23N3O2. The van der Waals surface area contributed by atoms with Gasteiger partial charge in [0.05, 0.1) is 4.92 Å².